The number of carbonyl (C=O) groups is 3. The molecule has 0 aliphatic carbocycles. The van der Waals surface area contributed by atoms with Crippen LogP contribution < -0.4 is 4.90 Å². The summed E-state index contributed by atoms with van der Waals surface area (Å²) in [6, 6.07) is 8.43. The molecule has 3 aliphatic heterocycles. The van der Waals surface area contributed by atoms with Gasteiger partial charge in [0, 0.05) is 24.2 Å². The monoisotopic (exact) mass is 428 g/mol. The van der Waals surface area contributed by atoms with Crippen molar-refractivity contribution in [2.75, 3.05) is 11.4 Å². The molecule has 3 atom stereocenters. The van der Waals surface area contributed by atoms with Crippen LogP contribution in [0.3, 0.4) is 0 Å². The first-order chi connectivity index (χ1) is 15.5. The highest BCUT2D eigenvalue weighted by Gasteiger charge is 2.63. The van der Waals surface area contributed by atoms with Crippen LogP contribution in [0.5, 0.6) is 0 Å². The molecule has 3 aliphatic rings. The van der Waals surface area contributed by atoms with Crippen LogP contribution in [0.1, 0.15) is 28.2 Å². The maximum atomic E-state index is 13.5. The van der Waals surface area contributed by atoms with Gasteiger partial charge in [-0.05, 0) is 37.6 Å². The van der Waals surface area contributed by atoms with E-state index in [0.29, 0.717) is 40.9 Å². The summed E-state index contributed by atoms with van der Waals surface area (Å²) in [5, 5.41) is 13.7. The van der Waals surface area contributed by atoms with Crippen LogP contribution in [-0.4, -0.2) is 62.5 Å². The molecule has 0 spiro atoms. The van der Waals surface area contributed by atoms with Crippen LogP contribution in [-0.2, 0) is 4.79 Å². The first kappa shape index (κ1) is 18.5. The maximum Gasteiger partial charge on any atom is 0.332 e. The number of pyridine rings is 1. The van der Waals surface area contributed by atoms with Crippen LogP contribution >= 0.6 is 0 Å². The Hall–Kier alpha value is -4.26. The molecule has 5 heterocycles. The summed E-state index contributed by atoms with van der Waals surface area (Å²) in [7, 11) is 0. The van der Waals surface area contributed by atoms with Crippen molar-refractivity contribution in [2.24, 2.45) is 0 Å². The maximum absolute atomic E-state index is 13.5. The molecule has 0 N–H and O–H groups in total. The van der Waals surface area contributed by atoms with Crippen molar-refractivity contribution < 1.29 is 18.9 Å². The summed E-state index contributed by atoms with van der Waals surface area (Å²) in [5.74, 6) is -0.161. The topological polar surface area (TPSA) is 124 Å². The fraction of sp³-hybridized carbons (Fsp3) is 0.273. The molecular formula is C22H16N6O4. The van der Waals surface area contributed by atoms with Crippen LogP contribution in [0, 0.1) is 18.3 Å². The molecule has 0 saturated carbocycles. The van der Waals surface area contributed by atoms with Crippen molar-refractivity contribution in [3.05, 3.63) is 53.5 Å². The zero-order chi connectivity index (χ0) is 22.1. The Morgan fingerprint density at radius 1 is 1.28 bits per heavy atom. The summed E-state index contributed by atoms with van der Waals surface area (Å²) in [6.07, 6.45) is 2.11. The number of benzene rings is 1. The second-order valence-corrected chi connectivity index (χ2v) is 8.19. The smallest absolute Gasteiger partial charge is 0.332 e. The highest BCUT2D eigenvalue weighted by atomic mass is 16.5. The van der Waals surface area contributed by atoms with Gasteiger partial charge in [-0.15, -0.1) is 0 Å². The first-order valence-corrected chi connectivity index (χ1v) is 10.2. The lowest BCUT2D eigenvalue weighted by Crippen LogP contribution is -2.54. The summed E-state index contributed by atoms with van der Waals surface area (Å²) < 4.78 is 5.02. The standard InChI is InChI=1S/C22H16N6O4/c1-11-7-15(25-32-11)20(29)26-10-13-8-17(26)19-21(30)28(22(31)27(13)19)16-5-4-12(9-23)18-14(16)3-2-6-24-18/h2-7,13,17,19H,8,10H2,1H3/t13-,17-,19-/m0/s1. The average Bonchev–Trinajstić information content (AvgIpc) is 3.56. The van der Waals surface area contributed by atoms with E-state index in [9.17, 15) is 19.6 Å². The van der Waals surface area contributed by atoms with E-state index >= 15 is 0 Å². The number of fused-ring (bicyclic) bond motifs is 6. The SMILES string of the molecule is Cc1cc(C(=O)N2C[C@@H]3C[C@H]2[C@H]2C(=O)N(c4ccc(C#N)c5ncccc45)C(=O)N32)no1. The lowest BCUT2D eigenvalue weighted by atomic mass is 10.1. The van der Waals surface area contributed by atoms with E-state index in [-0.39, 0.29) is 23.6 Å². The van der Waals surface area contributed by atoms with Gasteiger partial charge < -0.3 is 14.3 Å². The predicted molar refractivity (Wildman–Crippen MR) is 109 cm³/mol. The number of anilines is 1. The van der Waals surface area contributed by atoms with Crippen LogP contribution in [0.25, 0.3) is 10.9 Å². The van der Waals surface area contributed by atoms with Crippen LogP contribution in [0.2, 0.25) is 0 Å². The lowest BCUT2D eigenvalue weighted by molar-refractivity contribution is -0.121. The number of likely N-dealkylation sites (tertiary alicyclic amines) is 1. The average molecular weight is 428 g/mol. The second kappa shape index (κ2) is 6.37. The Labute approximate surface area is 181 Å². The summed E-state index contributed by atoms with van der Waals surface area (Å²) in [5.41, 5.74) is 1.38. The van der Waals surface area contributed by atoms with Gasteiger partial charge in [-0.1, -0.05) is 5.16 Å². The number of hydrogen-bond acceptors (Lipinski definition) is 7. The third-order valence-corrected chi connectivity index (χ3v) is 6.48. The van der Waals surface area contributed by atoms with Gasteiger partial charge in [-0.2, -0.15) is 5.26 Å². The Kier molecular flexibility index (Phi) is 3.68. The number of amides is 4. The fourth-order valence-corrected chi connectivity index (χ4v) is 5.17. The Morgan fingerprint density at radius 2 is 2.12 bits per heavy atom. The van der Waals surface area contributed by atoms with Crippen molar-refractivity contribution >= 4 is 34.4 Å². The molecule has 4 amide bonds. The zero-order valence-electron chi connectivity index (χ0n) is 16.9. The van der Waals surface area contributed by atoms with Gasteiger partial charge in [-0.3, -0.25) is 14.6 Å². The minimum absolute atomic E-state index is 0.194. The number of nitrogens with zero attached hydrogens (tertiary/aromatic N) is 6. The molecule has 2 aromatic heterocycles. The number of piperazine rings is 1. The summed E-state index contributed by atoms with van der Waals surface area (Å²) in [4.78, 5) is 48.4. The number of nitriles is 1. The van der Waals surface area contributed by atoms with E-state index in [1.807, 2.05) is 0 Å². The second-order valence-electron chi connectivity index (χ2n) is 8.19. The van der Waals surface area contributed by atoms with Gasteiger partial charge in [0.1, 0.15) is 17.9 Å². The molecule has 2 bridgehead atoms. The quantitative estimate of drug-likeness (QED) is 0.571. The third-order valence-electron chi connectivity index (χ3n) is 6.48. The molecule has 158 valence electrons. The Morgan fingerprint density at radius 3 is 2.88 bits per heavy atom. The van der Waals surface area contributed by atoms with Gasteiger partial charge in [0.15, 0.2) is 5.69 Å². The lowest BCUT2D eigenvalue weighted by Gasteiger charge is -2.34. The third kappa shape index (κ3) is 2.30. The van der Waals surface area contributed by atoms with E-state index in [1.165, 1.54) is 0 Å². The van der Waals surface area contributed by atoms with Crippen molar-refractivity contribution in [3.8, 4) is 6.07 Å². The molecule has 3 aromatic rings. The molecule has 10 heteroatoms. The molecule has 10 nitrogen and oxygen atoms in total. The molecule has 1 aromatic carbocycles. The number of carbonyl (C=O) groups excluding carboxylic acids is 3. The van der Waals surface area contributed by atoms with Crippen LogP contribution in [0.15, 0.2) is 41.1 Å². The van der Waals surface area contributed by atoms with Crippen molar-refractivity contribution in [3.63, 3.8) is 0 Å². The molecule has 6 rings (SSSR count). The number of urea groups is 1. The van der Waals surface area contributed by atoms with Gasteiger partial charge >= 0.3 is 6.03 Å². The number of hydrogen-bond donors (Lipinski definition) is 0. The predicted octanol–water partition coefficient (Wildman–Crippen LogP) is 1.84. The molecule has 0 unspecified atom stereocenters. The minimum Gasteiger partial charge on any atom is -0.361 e. The van der Waals surface area contributed by atoms with E-state index in [4.69, 9.17) is 4.52 Å². The number of aromatic nitrogens is 2. The van der Waals surface area contributed by atoms with Gasteiger partial charge in [0.25, 0.3) is 11.8 Å². The summed E-state index contributed by atoms with van der Waals surface area (Å²) >= 11 is 0. The number of aryl methyl sites for hydroxylation is 1. The minimum atomic E-state index is -0.749. The first-order valence-electron chi connectivity index (χ1n) is 10.2. The summed E-state index contributed by atoms with van der Waals surface area (Å²) in [6.45, 7) is 2.05. The zero-order valence-corrected chi connectivity index (χ0v) is 16.9. The normalized spacial score (nSPS) is 23.9. The number of rotatable bonds is 2. The van der Waals surface area contributed by atoms with Gasteiger partial charge in [-0.25, -0.2) is 9.69 Å². The fourth-order valence-electron chi connectivity index (χ4n) is 5.17. The molecular weight excluding hydrogens is 412 g/mol. The highest BCUT2D eigenvalue weighted by Crippen LogP contribution is 2.44. The molecule has 0 radical (unpaired) electrons. The van der Waals surface area contributed by atoms with Gasteiger partial charge in [0.05, 0.1) is 28.9 Å². The van der Waals surface area contributed by atoms with Crippen LogP contribution in [0.4, 0.5) is 10.5 Å². The van der Waals surface area contributed by atoms with E-state index in [0.717, 1.165) is 4.90 Å². The number of imide groups is 1. The van der Waals surface area contributed by atoms with Gasteiger partial charge in [0.2, 0.25) is 0 Å². The highest BCUT2D eigenvalue weighted by molar-refractivity contribution is 6.25. The molecule has 32 heavy (non-hydrogen) atoms. The van der Waals surface area contributed by atoms with E-state index in [1.54, 1.807) is 53.3 Å². The Balaban J connectivity index is 1.38. The van der Waals surface area contributed by atoms with E-state index < -0.39 is 18.1 Å². The van der Waals surface area contributed by atoms with Crippen molar-refractivity contribution in [1.29, 1.82) is 5.26 Å². The van der Waals surface area contributed by atoms with E-state index in [2.05, 4.69) is 16.2 Å². The van der Waals surface area contributed by atoms with Crippen molar-refractivity contribution in [2.45, 2.75) is 31.5 Å². The Bertz CT molecular complexity index is 1370. The molecule has 3 saturated heterocycles. The molecule has 3 fully saturated rings. The van der Waals surface area contributed by atoms with Crippen molar-refractivity contribution in [1.82, 2.24) is 19.9 Å². The largest absolute Gasteiger partial charge is 0.361 e.